The lowest BCUT2D eigenvalue weighted by Crippen LogP contribution is -2.29. The number of hydrogen-bond donors (Lipinski definition) is 2. The third kappa shape index (κ3) is 3.17. The summed E-state index contributed by atoms with van der Waals surface area (Å²) in [5, 5.41) is 10.2. The van der Waals surface area contributed by atoms with Gasteiger partial charge in [0, 0.05) is 6.54 Å². The molecule has 1 aliphatic rings. The minimum atomic E-state index is -4.86. The van der Waals surface area contributed by atoms with E-state index in [1.165, 1.54) is 0 Å². The molecule has 1 aliphatic heterocycles. The van der Waals surface area contributed by atoms with Crippen LogP contribution in [0.2, 0.25) is 0 Å². The van der Waals surface area contributed by atoms with Crippen LogP contribution >= 0.6 is 0 Å². The summed E-state index contributed by atoms with van der Waals surface area (Å²) < 4.78 is 63.1. The molecule has 1 aromatic rings. The Balaban J connectivity index is 2.53. The number of rotatable bonds is 2. The number of pyridine rings is 1. The van der Waals surface area contributed by atoms with Crippen LogP contribution in [-0.4, -0.2) is 36.9 Å². The summed E-state index contributed by atoms with van der Waals surface area (Å²) >= 11 is 0. The highest BCUT2D eigenvalue weighted by atomic mass is 32.2. The third-order valence-electron chi connectivity index (χ3n) is 2.76. The second-order valence-electron chi connectivity index (χ2n) is 4.26. The Hall–Kier alpha value is -2.04. The monoisotopic (exact) mass is 325 g/mol. The predicted octanol–water partition coefficient (Wildman–Crippen LogP) is 1.73. The SMILES string of the molecule is O=C(O)Nc1cnc(N2CCCS2(=O)=O)c(C(F)(F)F)c1. The maximum Gasteiger partial charge on any atom is 0.420 e. The third-order valence-corrected chi connectivity index (χ3v) is 4.59. The molecule has 7 nitrogen and oxygen atoms in total. The number of sulfonamides is 1. The Morgan fingerprint density at radius 2 is 2.10 bits per heavy atom. The quantitative estimate of drug-likeness (QED) is 0.862. The van der Waals surface area contributed by atoms with Crippen molar-refractivity contribution in [1.29, 1.82) is 0 Å². The highest BCUT2D eigenvalue weighted by Crippen LogP contribution is 2.38. The zero-order valence-corrected chi connectivity index (χ0v) is 11.2. The topological polar surface area (TPSA) is 99.6 Å². The first-order valence-electron chi connectivity index (χ1n) is 5.69. The van der Waals surface area contributed by atoms with Gasteiger partial charge in [0.15, 0.2) is 5.82 Å². The zero-order chi connectivity index (χ0) is 15.8. The van der Waals surface area contributed by atoms with E-state index < -0.39 is 39.4 Å². The van der Waals surface area contributed by atoms with Crippen molar-refractivity contribution in [1.82, 2.24) is 4.98 Å². The summed E-state index contributed by atoms with van der Waals surface area (Å²) in [4.78, 5) is 13.9. The molecule has 0 spiro atoms. The number of aromatic nitrogens is 1. The molecule has 0 unspecified atom stereocenters. The fraction of sp³-hybridized carbons (Fsp3) is 0.400. The second kappa shape index (κ2) is 5.06. The van der Waals surface area contributed by atoms with Gasteiger partial charge in [0.05, 0.1) is 17.6 Å². The van der Waals surface area contributed by atoms with E-state index in [0.717, 1.165) is 6.20 Å². The van der Waals surface area contributed by atoms with E-state index in [9.17, 15) is 26.4 Å². The average molecular weight is 325 g/mol. The summed E-state index contributed by atoms with van der Waals surface area (Å²) in [6, 6.07) is 0.518. The van der Waals surface area contributed by atoms with Crippen LogP contribution in [0.5, 0.6) is 0 Å². The summed E-state index contributed by atoms with van der Waals surface area (Å²) in [6.45, 7) is -0.0931. The van der Waals surface area contributed by atoms with Crippen molar-refractivity contribution >= 4 is 27.6 Å². The first-order valence-corrected chi connectivity index (χ1v) is 7.30. The van der Waals surface area contributed by atoms with Crippen LogP contribution in [0.1, 0.15) is 12.0 Å². The number of carbonyl (C=O) groups is 1. The van der Waals surface area contributed by atoms with E-state index in [1.807, 2.05) is 0 Å². The fourth-order valence-corrected chi connectivity index (χ4v) is 3.46. The van der Waals surface area contributed by atoms with Gasteiger partial charge in [-0.25, -0.2) is 18.2 Å². The van der Waals surface area contributed by atoms with Crippen molar-refractivity contribution in [3.8, 4) is 0 Å². The van der Waals surface area contributed by atoms with Gasteiger partial charge in [0.25, 0.3) is 0 Å². The van der Waals surface area contributed by atoms with Crippen LogP contribution in [0.25, 0.3) is 0 Å². The minimum Gasteiger partial charge on any atom is -0.465 e. The maximum absolute atomic E-state index is 13.0. The summed E-state index contributed by atoms with van der Waals surface area (Å²) in [5.41, 5.74) is -1.70. The molecule has 2 N–H and O–H groups in total. The van der Waals surface area contributed by atoms with Gasteiger partial charge in [-0.15, -0.1) is 0 Å². The standard InChI is InChI=1S/C10H10F3N3O4S/c11-10(12,13)7-4-6(15-9(17)18)5-14-8(7)16-2-1-3-21(16,19)20/h4-5,15H,1-3H2,(H,17,18). The maximum atomic E-state index is 13.0. The van der Waals surface area contributed by atoms with E-state index in [2.05, 4.69) is 4.98 Å². The van der Waals surface area contributed by atoms with Gasteiger partial charge in [-0.05, 0) is 12.5 Å². The Morgan fingerprint density at radius 3 is 2.57 bits per heavy atom. The number of nitrogens with one attached hydrogen (secondary N) is 1. The van der Waals surface area contributed by atoms with Crippen LogP contribution in [0.3, 0.4) is 0 Å². The molecule has 0 radical (unpaired) electrons. The van der Waals surface area contributed by atoms with Crippen molar-refractivity contribution < 1.29 is 31.5 Å². The molecule has 1 saturated heterocycles. The Bertz CT molecular complexity index is 675. The van der Waals surface area contributed by atoms with Gasteiger partial charge < -0.3 is 5.11 Å². The van der Waals surface area contributed by atoms with Crippen molar-refractivity contribution in [2.45, 2.75) is 12.6 Å². The van der Waals surface area contributed by atoms with Gasteiger partial charge in [-0.1, -0.05) is 0 Å². The molecule has 1 amide bonds. The van der Waals surface area contributed by atoms with E-state index in [0.29, 0.717) is 10.4 Å². The largest absolute Gasteiger partial charge is 0.465 e. The molecule has 0 aliphatic carbocycles. The first-order chi connectivity index (χ1) is 9.61. The van der Waals surface area contributed by atoms with Crippen LogP contribution in [0, 0.1) is 0 Å². The summed E-state index contributed by atoms with van der Waals surface area (Å²) in [6.07, 6.45) is -5.37. The van der Waals surface area contributed by atoms with Crippen molar-refractivity contribution in [3.63, 3.8) is 0 Å². The molecule has 0 saturated carbocycles. The zero-order valence-electron chi connectivity index (χ0n) is 10.4. The van der Waals surface area contributed by atoms with Gasteiger partial charge >= 0.3 is 12.3 Å². The van der Waals surface area contributed by atoms with Crippen LogP contribution in [-0.2, 0) is 16.2 Å². The summed E-state index contributed by atoms with van der Waals surface area (Å²) in [5.74, 6) is -0.989. The average Bonchev–Trinajstić information content (AvgIpc) is 2.67. The van der Waals surface area contributed by atoms with Gasteiger partial charge in [0.1, 0.15) is 5.56 Å². The van der Waals surface area contributed by atoms with E-state index in [4.69, 9.17) is 5.11 Å². The Labute approximate surface area is 117 Å². The van der Waals surface area contributed by atoms with Crippen molar-refractivity contribution in [2.24, 2.45) is 0 Å². The van der Waals surface area contributed by atoms with Crippen LogP contribution in [0.4, 0.5) is 29.5 Å². The van der Waals surface area contributed by atoms with Crippen LogP contribution in [0.15, 0.2) is 12.3 Å². The lowest BCUT2D eigenvalue weighted by atomic mass is 10.2. The lowest BCUT2D eigenvalue weighted by molar-refractivity contribution is -0.137. The van der Waals surface area contributed by atoms with Crippen LogP contribution < -0.4 is 9.62 Å². The molecule has 0 bridgehead atoms. The number of nitrogens with zero attached hydrogens (tertiary/aromatic N) is 2. The number of halogens is 3. The van der Waals surface area contributed by atoms with E-state index in [1.54, 1.807) is 5.32 Å². The molecule has 2 rings (SSSR count). The van der Waals surface area contributed by atoms with E-state index >= 15 is 0 Å². The molecule has 0 atom stereocenters. The molecular formula is C10H10F3N3O4S. The molecule has 21 heavy (non-hydrogen) atoms. The number of amides is 1. The minimum absolute atomic E-state index is 0.0931. The highest BCUT2D eigenvalue weighted by Gasteiger charge is 2.40. The Kier molecular flexibility index (Phi) is 3.70. The summed E-state index contributed by atoms with van der Waals surface area (Å²) in [7, 11) is -3.82. The fourth-order valence-electron chi connectivity index (χ4n) is 1.93. The van der Waals surface area contributed by atoms with Crippen molar-refractivity contribution in [2.75, 3.05) is 21.9 Å². The lowest BCUT2D eigenvalue weighted by Gasteiger charge is -2.21. The smallest absolute Gasteiger partial charge is 0.420 e. The molecule has 1 aromatic heterocycles. The highest BCUT2D eigenvalue weighted by molar-refractivity contribution is 7.93. The van der Waals surface area contributed by atoms with E-state index in [-0.39, 0.29) is 18.7 Å². The molecule has 1 fully saturated rings. The molecular weight excluding hydrogens is 315 g/mol. The normalized spacial score (nSPS) is 17.8. The number of anilines is 2. The Morgan fingerprint density at radius 1 is 1.43 bits per heavy atom. The molecule has 11 heteroatoms. The molecule has 116 valence electrons. The number of carboxylic acid groups (broad SMARTS) is 1. The molecule has 0 aromatic carbocycles. The second-order valence-corrected chi connectivity index (χ2v) is 6.28. The van der Waals surface area contributed by atoms with Gasteiger partial charge in [-0.3, -0.25) is 9.62 Å². The number of hydrogen-bond acceptors (Lipinski definition) is 4. The molecule has 2 heterocycles. The van der Waals surface area contributed by atoms with Gasteiger partial charge in [0.2, 0.25) is 10.0 Å². The van der Waals surface area contributed by atoms with Gasteiger partial charge in [-0.2, -0.15) is 13.2 Å². The first kappa shape index (κ1) is 15.4. The predicted molar refractivity (Wildman–Crippen MR) is 66.6 cm³/mol. The van der Waals surface area contributed by atoms with Crippen molar-refractivity contribution in [3.05, 3.63) is 17.8 Å². The number of alkyl halides is 3.